The van der Waals surface area contributed by atoms with Crippen molar-refractivity contribution in [3.63, 3.8) is 0 Å². The van der Waals surface area contributed by atoms with Gasteiger partial charge in [-0.05, 0) is 24.8 Å². The lowest BCUT2D eigenvalue weighted by Gasteiger charge is -2.35. The molecular weight excluding hydrogens is 166 g/mol. The maximum atomic E-state index is 11.2. The van der Waals surface area contributed by atoms with Crippen molar-refractivity contribution < 1.29 is 4.79 Å². The minimum atomic E-state index is -0.0904. The lowest BCUT2D eigenvalue weighted by atomic mass is 9.72. The van der Waals surface area contributed by atoms with E-state index in [0.29, 0.717) is 13.0 Å². The number of hydrogen-bond acceptors (Lipinski definition) is 3. The van der Waals surface area contributed by atoms with Crippen LogP contribution in [0.1, 0.15) is 38.5 Å². The Balaban J connectivity index is 2.52. The molecule has 0 aromatic rings. The molecule has 0 bridgehead atoms. The fourth-order valence-corrected chi connectivity index (χ4v) is 2.15. The first-order chi connectivity index (χ1) is 6.22. The largest absolute Gasteiger partial charge is 0.330 e. The van der Waals surface area contributed by atoms with E-state index in [1.807, 2.05) is 0 Å². The summed E-state index contributed by atoms with van der Waals surface area (Å²) in [6.45, 7) is 0.598. The highest BCUT2D eigenvalue weighted by molar-refractivity contribution is 5.76. The van der Waals surface area contributed by atoms with Crippen molar-refractivity contribution in [1.82, 2.24) is 5.43 Å². The smallest absolute Gasteiger partial charge is 0.234 e. The second-order valence-corrected chi connectivity index (χ2v) is 4.01. The van der Waals surface area contributed by atoms with Crippen LogP contribution >= 0.6 is 0 Å². The Morgan fingerprint density at radius 2 is 1.92 bits per heavy atom. The molecule has 0 spiro atoms. The Bertz CT molecular complexity index is 176. The molecule has 1 saturated carbocycles. The summed E-state index contributed by atoms with van der Waals surface area (Å²) in [5, 5.41) is 0. The zero-order valence-electron chi connectivity index (χ0n) is 8.01. The van der Waals surface area contributed by atoms with Crippen LogP contribution in [0, 0.1) is 5.41 Å². The van der Waals surface area contributed by atoms with Crippen molar-refractivity contribution in [2.75, 3.05) is 6.54 Å². The summed E-state index contributed by atoms with van der Waals surface area (Å²) in [5.41, 5.74) is 7.93. The molecule has 1 fully saturated rings. The zero-order valence-corrected chi connectivity index (χ0v) is 8.01. The van der Waals surface area contributed by atoms with Gasteiger partial charge in [-0.3, -0.25) is 10.2 Å². The molecule has 0 radical (unpaired) electrons. The lowest BCUT2D eigenvalue weighted by molar-refractivity contribution is -0.123. The minimum absolute atomic E-state index is 0.0295. The quantitative estimate of drug-likeness (QED) is 0.335. The molecule has 4 nitrogen and oxygen atoms in total. The first-order valence-corrected chi connectivity index (χ1v) is 4.92. The monoisotopic (exact) mass is 185 g/mol. The van der Waals surface area contributed by atoms with E-state index in [0.717, 1.165) is 12.8 Å². The predicted molar refractivity (Wildman–Crippen MR) is 51.5 cm³/mol. The van der Waals surface area contributed by atoms with E-state index in [-0.39, 0.29) is 11.3 Å². The summed E-state index contributed by atoms with van der Waals surface area (Å²) >= 11 is 0. The topological polar surface area (TPSA) is 81.1 Å². The van der Waals surface area contributed by atoms with Crippen LogP contribution in [0.25, 0.3) is 0 Å². The molecule has 1 amide bonds. The molecule has 1 rings (SSSR count). The first-order valence-electron chi connectivity index (χ1n) is 4.92. The number of nitrogens with one attached hydrogen (secondary N) is 1. The third-order valence-corrected chi connectivity index (χ3v) is 3.04. The molecule has 5 N–H and O–H groups in total. The summed E-state index contributed by atoms with van der Waals surface area (Å²) in [5.74, 6) is 4.97. The van der Waals surface area contributed by atoms with Gasteiger partial charge in [0.2, 0.25) is 5.91 Å². The highest BCUT2D eigenvalue weighted by Gasteiger charge is 2.32. The summed E-state index contributed by atoms with van der Waals surface area (Å²) in [6.07, 6.45) is 6.27. The van der Waals surface area contributed by atoms with Crippen LogP contribution in [0.3, 0.4) is 0 Å². The van der Waals surface area contributed by atoms with Crippen molar-refractivity contribution in [3.05, 3.63) is 0 Å². The van der Waals surface area contributed by atoms with E-state index in [4.69, 9.17) is 11.6 Å². The highest BCUT2D eigenvalue weighted by atomic mass is 16.2. The molecule has 1 aliphatic rings. The number of nitrogens with two attached hydrogens (primary N) is 2. The maximum Gasteiger partial charge on any atom is 0.234 e. The number of hydrazine groups is 1. The molecule has 1 aliphatic carbocycles. The third-order valence-electron chi connectivity index (χ3n) is 3.04. The Kier molecular flexibility index (Phi) is 3.69. The van der Waals surface area contributed by atoms with Gasteiger partial charge in [0.1, 0.15) is 0 Å². The molecule has 76 valence electrons. The van der Waals surface area contributed by atoms with E-state index >= 15 is 0 Å². The van der Waals surface area contributed by atoms with Crippen LogP contribution in [0.15, 0.2) is 0 Å². The summed E-state index contributed by atoms with van der Waals surface area (Å²) in [4.78, 5) is 11.2. The Labute approximate surface area is 79.0 Å². The molecule has 0 aromatic carbocycles. The Morgan fingerprint density at radius 3 is 2.38 bits per heavy atom. The number of rotatable bonds is 3. The molecular formula is C9H19N3O. The normalized spacial score (nSPS) is 21.1. The standard InChI is InChI=1S/C9H19N3O/c10-7-9(6-8(13)12-11)4-2-1-3-5-9/h1-7,10-11H2,(H,12,13). The fourth-order valence-electron chi connectivity index (χ4n) is 2.15. The predicted octanol–water partition coefficient (Wildman–Crippen LogP) is 0.276. The van der Waals surface area contributed by atoms with Gasteiger partial charge >= 0.3 is 0 Å². The van der Waals surface area contributed by atoms with Crippen molar-refractivity contribution in [2.45, 2.75) is 38.5 Å². The van der Waals surface area contributed by atoms with Gasteiger partial charge in [0.25, 0.3) is 0 Å². The van der Waals surface area contributed by atoms with Crippen LogP contribution < -0.4 is 17.0 Å². The number of amides is 1. The van der Waals surface area contributed by atoms with Gasteiger partial charge in [-0.15, -0.1) is 0 Å². The minimum Gasteiger partial charge on any atom is -0.330 e. The maximum absolute atomic E-state index is 11.2. The molecule has 0 unspecified atom stereocenters. The van der Waals surface area contributed by atoms with Gasteiger partial charge in [0.15, 0.2) is 0 Å². The first kappa shape index (κ1) is 10.5. The summed E-state index contributed by atoms with van der Waals surface area (Å²) in [7, 11) is 0. The molecule has 0 saturated heterocycles. The van der Waals surface area contributed by atoms with Gasteiger partial charge in [-0.1, -0.05) is 19.3 Å². The summed E-state index contributed by atoms with van der Waals surface area (Å²) < 4.78 is 0. The average molecular weight is 185 g/mol. The van der Waals surface area contributed by atoms with Crippen LogP contribution in [-0.2, 0) is 4.79 Å². The van der Waals surface area contributed by atoms with Gasteiger partial charge in [-0.2, -0.15) is 0 Å². The fraction of sp³-hybridized carbons (Fsp3) is 0.889. The molecule has 4 heteroatoms. The molecule has 0 aromatic heterocycles. The number of carbonyl (C=O) groups excluding carboxylic acids is 1. The lowest BCUT2D eigenvalue weighted by Crippen LogP contribution is -2.40. The second kappa shape index (κ2) is 4.58. The second-order valence-electron chi connectivity index (χ2n) is 4.01. The summed E-state index contributed by atoms with van der Waals surface area (Å²) in [6, 6.07) is 0. The molecule has 0 heterocycles. The molecule has 13 heavy (non-hydrogen) atoms. The molecule has 0 atom stereocenters. The SMILES string of the molecule is NCC1(CC(=O)NN)CCCCC1. The zero-order chi connectivity index (χ0) is 9.73. The van der Waals surface area contributed by atoms with Gasteiger partial charge < -0.3 is 5.73 Å². The molecule has 0 aliphatic heterocycles. The van der Waals surface area contributed by atoms with Crippen molar-refractivity contribution in [1.29, 1.82) is 0 Å². The van der Waals surface area contributed by atoms with Crippen molar-refractivity contribution >= 4 is 5.91 Å². The van der Waals surface area contributed by atoms with Gasteiger partial charge in [0.05, 0.1) is 0 Å². The van der Waals surface area contributed by atoms with E-state index in [1.54, 1.807) is 0 Å². The Morgan fingerprint density at radius 1 is 1.31 bits per heavy atom. The van der Waals surface area contributed by atoms with Crippen molar-refractivity contribution in [3.8, 4) is 0 Å². The average Bonchev–Trinajstić information content (AvgIpc) is 2.19. The van der Waals surface area contributed by atoms with E-state index in [2.05, 4.69) is 5.43 Å². The van der Waals surface area contributed by atoms with E-state index in [1.165, 1.54) is 19.3 Å². The number of hydrogen-bond donors (Lipinski definition) is 3. The highest BCUT2D eigenvalue weighted by Crippen LogP contribution is 2.38. The van der Waals surface area contributed by atoms with Crippen LogP contribution in [-0.4, -0.2) is 12.5 Å². The number of carbonyl (C=O) groups is 1. The third kappa shape index (κ3) is 2.67. The van der Waals surface area contributed by atoms with Crippen LogP contribution in [0.2, 0.25) is 0 Å². The van der Waals surface area contributed by atoms with E-state index in [9.17, 15) is 4.79 Å². The Hall–Kier alpha value is -0.610. The van der Waals surface area contributed by atoms with E-state index < -0.39 is 0 Å². The van der Waals surface area contributed by atoms with Gasteiger partial charge in [-0.25, -0.2) is 5.84 Å². The van der Waals surface area contributed by atoms with Crippen LogP contribution in [0.4, 0.5) is 0 Å². The van der Waals surface area contributed by atoms with Crippen LogP contribution in [0.5, 0.6) is 0 Å². The van der Waals surface area contributed by atoms with Crippen molar-refractivity contribution in [2.24, 2.45) is 17.0 Å². The van der Waals surface area contributed by atoms with Gasteiger partial charge in [0, 0.05) is 6.42 Å².